The average molecular weight is 425 g/mol. The molecule has 1 saturated heterocycles. The van der Waals surface area contributed by atoms with E-state index in [2.05, 4.69) is 33.4 Å². The highest BCUT2D eigenvalue weighted by Gasteiger charge is 2.17. The van der Waals surface area contributed by atoms with Crippen LogP contribution in [0.1, 0.15) is 22.8 Å². The Morgan fingerprint density at radius 1 is 1.10 bits per heavy atom. The largest absolute Gasteiger partial charge is 0.369 e. The second-order valence-electron chi connectivity index (χ2n) is 7.46. The quantitative estimate of drug-likeness (QED) is 0.521. The van der Waals surface area contributed by atoms with Gasteiger partial charge >= 0.3 is 0 Å². The number of nitro benzene ring substituents is 1. The molecule has 31 heavy (non-hydrogen) atoms. The Labute approximate surface area is 181 Å². The summed E-state index contributed by atoms with van der Waals surface area (Å²) in [6, 6.07) is 11.3. The zero-order valence-electron chi connectivity index (χ0n) is 17.8. The molecule has 0 aliphatic carbocycles. The second kappa shape index (κ2) is 10.0. The first-order valence-corrected chi connectivity index (χ1v) is 10.3. The van der Waals surface area contributed by atoms with Gasteiger partial charge in [0.1, 0.15) is 0 Å². The Morgan fingerprint density at radius 2 is 1.84 bits per heavy atom. The van der Waals surface area contributed by atoms with E-state index in [0.29, 0.717) is 5.69 Å². The summed E-state index contributed by atoms with van der Waals surface area (Å²) in [5, 5.41) is 16.1. The summed E-state index contributed by atoms with van der Waals surface area (Å²) < 4.78 is 0. The minimum Gasteiger partial charge on any atom is -0.369 e. The summed E-state index contributed by atoms with van der Waals surface area (Å²) in [6.07, 6.45) is 0. The number of aryl methyl sites for hydroxylation is 1. The summed E-state index contributed by atoms with van der Waals surface area (Å²) >= 11 is 0. The van der Waals surface area contributed by atoms with Crippen molar-refractivity contribution >= 4 is 28.9 Å². The number of likely N-dealkylation sites (N-methyl/N-ethyl adjacent to an activating group) is 1. The van der Waals surface area contributed by atoms with Crippen molar-refractivity contribution in [3.8, 4) is 0 Å². The van der Waals surface area contributed by atoms with E-state index >= 15 is 0 Å². The molecule has 0 spiro atoms. The van der Waals surface area contributed by atoms with Crippen molar-refractivity contribution in [3.05, 3.63) is 63.7 Å². The van der Waals surface area contributed by atoms with Gasteiger partial charge in [0.05, 0.1) is 11.5 Å². The van der Waals surface area contributed by atoms with E-state index in [9.17, 15) is 19.7 Å². The Hall–Kier alpha value is -3.46. The van der Waals surface area contributed by atoms with Crippen molar-refractivity contribution in [3.63, 3.8) is 0 Å². The number of nitrogens with one attached hydrogen (secondary N) is 2. The van der Waals surface area contributed by atoms with Gasteiger partial charge in [-0.2, -0.15) is 0 Å². The van der Waals surface area contributed by atoms with E-state index in [1.165, 1.54) is 24.3 Å². The molecular formula is C22H27N5O4. The van der Waals surface area contributed by atoms with Gasteiger partial charge in [0, 0.05) is 55.2 Å². The summed E-state index contributed by atoms with van der Waals surface area (Å²) in [6.45, 7) is 8.96. The molecule has 2 aromatic rings. The van der Waals surface area contributed by atoms with Crippen LogP contribution in [0.15, 0.2) is 42.5 Å². The summed E-state index contributed by atoms with van der Waals surface area (Å²) in [7, 11) is 0. The Balaban J connectivity index is 1.54. The summed E-state index contributed by atoms with van der Waals surface area (Å²) in [5.74, 6) is -0.914. The molecule has 3 rings (SSSR count). The molecule has 0 unspecified atom stereocenters. The molecule has 0 bridgehead atoms. The van der Waals surface area contributed by atoms with Crippen LogP contribution in [0.4, 0.5) is 17.1 Å². The number of amides is 2. The Kier molecular flexibility index (Phi) is 7.19. The van der Waals surface area contributed by atoms with Crippen LogP contribution in [-0.4, -0.2) is 60.9 Å². The molecule has 1 heterocycles. The number of nitro groups is 1. The van der Waals surface area contributed by atoms with Crippen molar-refractivity contribution in [1.82, 2.24) is 10.2 Å². The van der Waals surface area contributed by atoms with Crippen LogP contribution < -0.4 is 15.5 Å². The first-order valence-electron chi connectivity index (χ1n) is 10.3. The van der Waals surface area contributed by atoms with Gasteiger partial charge in [0.25, 0.3) is 11.6 Å². The summed E-state index contributed by atoms with van der Waals surface area (Å²) in [5.41, 5.74) is 2.71. The topological polar surface area (TPSA) is 108 Å². The lowest BCUT2D eigenvalue weighted by molar-refractivity contribution is -0.384. The van der Waals surface area contributed by atoms with Crippen LogP contribution in [0.3, 0.4) is 0 Å². The monoisotopic (exact) mass is 425 g/mol. The highest BCUT2D eigenvalue weighted by molar-refractivity contribution is 5.99. The number of piperazine rings is 1. The SMILES string of the molecule is CCN1CCN(c2ccc(NC(=O)CNC(=O)c3cccc([N+](=O)[O-])c3)c(C)c2)CC1. The standard InChI is InChI=1S/C22H27N5O4/c1-3-25-9-11-26(12-10-25)18-7-8-20(16(2)13-18)24-21(28)15-23-22(29)17-5-4-6-19(14-17)27(30)31/h4-8,13-14H,3,9-12,15H2,1-2H3,(H,23,29)(H,24,28). The molecule has 1 fully saturated rings. The van der Waals surface area contributed by atoms with Crippen molar-refractivity contribution < 1.29 is 14.5 Å². The second-order valence-corrected chi connectivity index (χ2v) is 7.46. The van der Waals surface area contributed by atoms with Gasteiger partial charge < -0.3 is 20.4 Å². The van der Waals surface area contributed by atoms with Crippen molar-refractivity contribution in [1.29, 1.82) is 0 Å². The van der Waals surface area contributed by atoms with E-state index in [1.54, 1.807) is 0 Å². The first kappa shape index (κ1) is 22.2. The lowest BCUT2D eigenvalue weighted by atomic mass is 10.1. The third-order valence-corrected chi connectivity index (χ3v) is 5.40. The van der Waals surface area contributed by atoms with E-state index in [0.717, 1.165) is 44.0 Å². The number of hydrogen-bond acceptors (Lipinski definition) is 6. The lowest BCUT2D eigenvalue weighted by Crippen LogP contribution is -2.46. The lowest BCUT2D eigenvalue weighted by Gasteiger charge is -2.35. The number of rotatable bonds is 7. The number of carbonyl (C=O) groups excluding carboxylic acids is 2. The van der Waals surface area contributed by atoms with E-state index < -0.39 is 10.8 Å². The smallest absolute Gasteiger partial charge is 0.270 e. The molecule has 0 radical (unpaired) electrons. The van der Waals surface area contributed by atoms with Crippen molar-refractivity contribution in [2.45, 2.75) is 13.8 Å². The third-order valence-electron chi connectivity index (χ3n) is 5.40. The molecule has 2 N–H and O–H groups in total. The molecule has 0 aromatic heterocycles. The molecule has 2 aromatic carbocycles. The zero-order valence-corrected chi connectivity index (χ0v) is 17.8. The number of anilines is 2. The van der Waals surface area contributed by atoms with Gasteiger partial charge in [-0.3, -0.25) is 19.7 Å². The van der Waals surface area contributed by atoms with Crippen molar-refractivity contribution in [2.75, 3.05) is 49.5 Å². The molecule has 1 aliphatic heterocycles. The molecule has 9 heteroatoms. The molecule has 0 saturated carbocycles. The molecule has 164 valence electrons. The van der Waals surface area contributed by atoms with Crippen LogP contribution in [-0.2, 0) is 4.79 Å². The number of hydrogen-bond donors (Lipinski definition) is 2. The number of carbonyl (C=O) groups is 2. The first-order chi connectivity index (χ1) is 14.9. The molecule has 9 nitrogen and oxygen atoms in total. The van der Waals surface area contributed by atoms with Gasteiger partial charge in [-0.05, 0) is 43.3 Å². The van der Waals surface area contributed by atoms with Gasteiger partial charge in [-0.1, -0.05) is 13.0 Å². The fourth-order valence-corrected chi connectivity index (χ4v) is 3.52. The van der Waals surface area contributed by atoms with Crippen LogP contribution >= 0.6 is 0 Å². The van der Waals surface area contributed by atoms with E-state index in [1.807, 2.05) is 19.1 Å². The van der Waals surface area contributed by atoms with Gasteiger partial charge in [-0.15, -0.1) is 0 Å². The maximum atomic E-state index is 12.3. The predicted octanol–water partition coefficient (Wildman–Crippen LogP) is 2.41. The fourth-order valence-electron chi connectivity index (χ4n) is 3.52. The fraction of sp³-hybridized carbons (Fsp3) is 0.364. The third kappa shape index (κ3) is 5.79. The number of nitrogens with zero attached hydrogens (tertiary/aromatic N) is 3. The maximum absolute atomic E-state index is 12.3. The van der Waals surface area contributed by atoms with E-state index in [-0.39, 0.29) is 23.7 Å². The predicted molar refractivity (Wildman–Crippen MR) is 120 cm³/mol. The molecule has 1 aliphatic rings. The van der Waals surface area contributed by atoms with Crippen molar-refractivity contribution in [2.24, 2.45) is 0 Å². The molecular weight excluding hydrogens is 398 g/mol. The highest BCUT2D eigenvalue weighted by Crippen LogP contribution is 2.23. The minimum absolute atomic E-state index is 0.130. The van der Waals surface area contributed by atoms with Gasteiger partial charge in [-0.25, -0.2) is 0 Å². The van der Waals surface area contributed by atoms with Gasteiger partial charge in [0.15, 0.2) is 0 Å². The maximum Gasteiger partial charge on any atom is 0.270 e. The average Bonchev–Trinajstić information content (AvgIpc) is 2.79. The summed E-state index contributed by atoms with van der Waals surface area (Å²) in [4.78, 5) is 39.5. The number of benzene rings is 2. The van der Waals surface area contributed by atoms with Crippen LogP contribution in [0.5, 0.6) is 0 Å². The molecule has 2 amide bonds. The van der Waals surface area contributed by atoms with E-state index in [4.69, 9.17) is 0 Å². The Morgan fingerprint density at radius 3 is 2.48 bits per heavy atom. The van der Waals surface area contributed by atoms with Gasteiger partial charge in [0.2, 0.25) is 5.91 Å². The highest BCUT2D eigenvalue weighted by atomic mass is 16.6. The molecule has 0 atom stereocenters. The van der Waals surface area contributed by atoms with Crippen LogP contribution in [0, 0.1) is 17.0 Å². The van der Waals surface area contributed by atoms with Crippen LogP contribution in [0.2, 0.25) is 0 Å². The Bertz CT molecular complexity index is 970. The minimum atomic E-state index is -0.570. The number of non-ortho nitro benzene ring substituents is 1. The van der Waals surface area contributed by atoms with Crippen LogP contribution in [0.25, 0.3) is 0 Å². The normalized spacial score (nSPS) is 14.2. The zero-order chi connectivity index (χ0) is 22.4.